The highest BCUT2D eigenvalue weighted by Gasteiger charge is 2.62. The summed E-state index contributed by atoms with van der Waals surface area (Å²) in [6.07, 6.45) is -19.0. The fourth-order valence-electron chi connectivity index (χ4n) is 13.2. The Kier molecular flexibility index (Phi) is 17.1. The minimum Gasteiger partial charge on any atom is -0.463 e. The second-order valence-electron chi connectivity index (χ2n) is 21.3. The number of carbonyl (C=O) groups is 2. The van der Waals surface area contributed by atoms with E-state index in [-0.39, 0.29) is 47.5 Å². The summed E-state index contributed by atoms with van der Waals surface area (Å²) in [7, 11) is 0. The smallest absolute Gasteiger partial charge is 0.336 e. The summed E-state index contributed by atoms with van der Waals surface area (Å²) < 4.78 is 39.4. The lowest BCUT2D eigenvalue weighted by molar-refractivity contribution is -0.362. The highest BCUT2D eigenvalue weighted by molar-refractivity contribution is 5.88. The zero-order valence-electron chi connectivity index (χ0n) is 40.2. The van der Waals surface area contributed by atoms with Gasteiger partial charge in [-0.05, 0) is 93.8 Å². The maximum atomic E-state index is 13.8. The quantitative estimate of drug-likeness (QED) is 0.0518. The molecule has 3 aliphatic heterocycles. The highest BCUT2D eigenvalue weighted by Crippen LogP contribution is 2.67. The first kappa shape index (κ1) is 54.5. The van der Waals surface area contributed by atoms with Gasteiger partial charge in [0, 0.05) is 24.3 Å². The third kappa shape index (κ3) is 10.3. The molecule has 25 atom stereocenters. The van der Waals surface area contributed by atoms with Crippen molar-refractivity contribution in [3.8, 4) is 0 Å². The summed E-state index contributed by atoms with van der Waals surface area (Å²) in [5, 5.41) is 128. The number of aliphatic hydroxyl groups excluding tert-OH is 12. The number of ether oxygens (including phenoxy) is 7. The number of carbonyl (C=O) groups excluding carboxylic acids is 2. The van der Waals surface area contributed by atoms with E-state index in [1.54, 1.807) is 6.92 Å². The van der Waals surface area contributed by atoms with E-state index in [0.29, 0.717) is 17.9 Å². The Morgan fingerprint density at radius 3 is 1.91 bits per heavy atom. The summed E-state index contributed by atoms with van der Waals surface area (Å²) >= 11 is 0. The molecule has 7 rings (SSSR count). The SMILES string of the molecule is CC(=O)OCC1OC(OC(=O)/C(C)=C(/C)CC(O)C(C)C2CCC3C4CC=C5CC(OC6OC(CO)C(O)C(O)C6O)CC(O)C5(C)C4CCC23C)C(OC2OC(CO)C(O)C(O)C2O)C(O)C1O. The second kappa shape index (κ2) is 21.7. The van der Waals surface area contributed by atoms with E-state index in [1.165, 1.54) is 6.92 Å². The molecule has 394 valence electrons. The van der Waals surface area contributed by atoms with Crippen LogP contribution in [0.4, 0.5) is 0 Å². The summed E-state index contributed by atoms with van der Waals surface area (Å²) in [5.41, 5.74) is 1.05. The second-order valence-corrected chi connectivity index (χ2v) is 21.3. The number of fused-ring (bicyclic) bond motifs is 5. The van der Waals surface area contributed by atoms with E-state index in [0.717, 1.165) is 44.6 Å². The predicted molar refractivity (Wildman–Crippen MR) is 235 cm³/mol. The van der Waals surface area contributed by atoms with Crippen molar-refractivity contribution in [3.63, 3.8) is 0 Å². The Labute approximate surface area is 401 Å². The molecule has 3 heterocycles. The summed E-state index contributed by atoms with van der Waals surface area (Å²) in [5.74, 6) is -0.901. The van der Waals surface area contributed by atoms with Gasteiger partial charge < -0.3 is 94.4 Å². The lowest BCUT2D eigenvalue weighted by atomic mass is 9.46. The van der Waals surface area contributed by atoms with Crippen LogP contribution in [0.15, 0.2) is 22.8 Å². The molecule has 25 unspecified atom stereocenters. The van der Waals surface area contributed by atoms with Gasteiger partial charge in [-0.15, -0.1) is 0 Å². The van der Waals surface area contributed by atoms with Crippen molar-refractivity contribution < 1.29 is 104 Å². The summed E-state index contributed by atoms with van der Waals surface area (Å²) in [6.45, 7) is 8.89. The zero-order valence-corrected chi connectivity index (χ0v) is 40.2. The fraction of sp³-hybridized carbons (Fsp3) is 0.875. The van der Waals surface area contributed by atoms with Crippen molar-refractivity contribution in [2.45, 2.75) is 203 Å². The van der Waals surface area contributed by atoms with Crippen LogP contribution >= 0.6 is 0 Å². The average Bonchev–Trinajstić information content (AvgIpc) is 3.67. The Balaban J connectivity index is 1.00. The van der Waals surface area contributed by atoms with Crippen LogP contribution in [0.1, 0.15) is 92.9 Å². The first-order valence-electron chi connectivity index (χ1n) is 24.5. The largest absolute Gasteiger partial charge is 0.463 e. The Morgan fingerprint density at radius 1 is 0.739 bits per heavy atom. The molecule has 0 bridgehead atoms. The van der Waals surface area contributed by atoms with Crippen molar-refractivity contribution in [2.75, 3.05) is 19.8 Å². The van der Waals surface area contributed by atoms with Crippen molar-refractivity contribution in [3.05, 3.63) is 22.8 Å². The molecule has 21 heteroatoms. The molecule has 4 aliphatic carbocycles. The maximum absolute atomic E-state index is 13.8. The first-order valence-corrected chi connectivity index (χ1v) is 24.5. The normalized spacial score (nSPS) is 47.9. The van der Waals surface area contributed by atoms with Crippen LogP contribution in [0.25, 0.3) is 0 Å². The number of hydrogen-bond acceptors (Lipinski definition) is 21. The monoisotopic (exact) mass is 988 g/mol. The molecule has 0 aromatic carbocycles. The topological polar surface area (TPSA) is 342 Å². The minimum absolute atomic E-state index is 0.106. The van der Waals surface area contributed by atoms with Gasteiger partial charge in [-0.25, -0.2) is 4.79 Å². The van der Waals surface area contributed by atoms with Gasteiger partial charge in [-0.2, -0.15) is 0 Å². The molecule has 0 spiro atoms. The molecule has 21 nitrogen and oxygen atoms in total. The van der Waals surface area contributed by atoms with E-state index in [1.807, 2.05) is 6.92 Å². The number of hydrogen-bond donors (Lipinski definition) is 12. The van der Waals surface area contributed by atoms with Crippen LogP contribution < -0.4 is 0 Å². The molecule has 7 aliphatic rings. The van der Waals surface area contributed by atoms with E-state index in [9.17, 15) is 70.9 Å². The zero-order chi connectivity index (χ0) is 50.6. The van der Waals surface area contributed by atoms with Crippen LogP contribution in [-0.4, -0.2) is 203 Å². The number of rotatable bonds is 14. The van der Waals surface area contributed by atoms with E-state index in [2.05, 4.69) is 19.9 Å². The fourth-order valence-corrected chi connectivity index (χ4v) is 13.2. The Hall–Kier alpha value is -2.26. The van der Waals surface area contributed by atoms with Gasteiger partial charge in [-0.1, -0.05) is 38.0 Å². The number of esters is 2. The van der Waals surface area contributed by atoms with Crippen LogP contribution in [0.2, 0.25) is 0 Å². The minimum atomic E-state index is -1.91. The predicted octanol–water partition coefficient (Wildman–Crippen LogP) is -1.82. The standard InChI is InChI=1S/C48H76O21/c1-19(20(2)43(62)69-46-42(39(59)36(56)32(67-46)18-63-22(4)51)68-45-41(61)38(58)35(55)31(17-50)66-45)13-29(52)21(3)26-9-10-27-25-8-7-23-14-24(64-44-40(60)37(57)34(54)30(16-49)65-44)15-33(53)48(23,6)28(25)11-12-47(26,27)5/h7,21,24-42,44-46,49-50,52-61H,8-18H2,1-6H3/b20-19-. The molecular weight excluding hydrogens is 913 g/mol. The van der Waals surface area contributed by atoms with E-state index in [4.69, 9.17) is 33.2 Å². The molecule has 3 saturated carbocycles. The van der Waals surface area contributed by atoms with E-state index >= 15 is 0 Å². The molecular formula is C48H76O21. The maximum Gasteiger partial charge on any atom is 0.336 e. The first-order chi connectivity index (χ1) is 32.5. The Morgan fingerprint density at radius 2 is 1.32 bits per heavy atom. The van der Waals surface area contributed by atoms with Crippen LogP contribution in [0.5, 0.6) is 0 Å². The molecule has 0 amide bonds. The van der Waals surface area contributed by atoms with Crippen LogP contribution in [0.3, 0.4) is 0 Å². The molecule has 12 N–H and O–H groups in total. The van der Waals surface area contributed by atoms with Gasteiger partial charge in [0.25, 0.3) is 0 Å². The molecule has 0 aromatic rings. The van der Waals surface area contributed by atoms with Gasteiger partial charge in [0.15, 0.2) is 18.7 Å². The van der Waals surface area contributed by atoms with Gasteiger partial charge in [0.1, 0.15) is 73.8 Å². The molecule has 0 radical (unpaired) electrons. The van der Waals surface area contributed by atoms with Crippen molar-refractivity contribution in [1.82, 2.24) is 0 Å². The molecule has 0 aromatic heterocycles. The van der Waals surface area contributed by atoms with Gasteiger partial charge in [-0.3, -0.25) is 4.79 Å². The molecule has 6 fully saturated rings. The van der Waals surface area contributed by atoms with E-state index < -0.39 is 148 Å². The third-order valence-corrected chi connectivity index (χ3v) is 17.6. The average molecular weight is 989 g/mol. The summed E-state index contributed by atoms with van der Waals surface area (Å²) in [4.78, 5) is 25.4. The van der Waals surface area contributed by atoms with Gasteiger partial charge in [0.05, 0.1) is 31.5 Å². The van der Waals surface area contributed by atoms with Crippen molar-refractivity contribution in [1.29, 1.82) is 0 Å². The van der Waals surface area contributed by atoms with Crippen molar-refractivity contribution >= 4 is 11.9 Å². The lowest BCUT2D eigenvalue weighted by Gasteiger charge is -2.60. The highest BCUT2D eigenvalue weighted by atomic mass is 16.8. The van der Waals surface area contributed by atoms with Crippen molar-refractivity contribution in [2.24, 2.45) is 40.4 Å². The van der Waals surface area contributed by atoms with Crippen LogP contribution in [0, 0.1) is 40.4 Å². The molecule has 69 heavy (non-hydrogen) atoms. The number of allylic oxidation sites excluding steroid dienone is 1. The lowest BCUT2D eigenvalue weighted by Crippen LogP contribution is -2.65. The van der Waals surface area contributed by atoms with Gasteiger partial charge in [0.2, 0.25) is 6.29 Å². The number of aliphatic hydroxyl groups is 12. The Bertz CT molecular complexity index is 1860. The third-order valence-electron chi connectivity index (χ3n) is 17.6. The summed E-state index contributed by atoms with van der Waals surface area (Å²) in [6, 6.07) is 0. The van der Waals surface area contributed by atoms with Crippen LogP contribution in [-0.2, 0) is 42.7 Å². The molecule has 3 saturated heterocycles. The van der Waals surface area contributed by atoms with Gasteiger partial charge >= 0.3 is 11.9 Å².